The molecule has 4 unspecified atom stereocenters. The number of ether oxygens (including phenoxy) is 2. The number of aromatic nitrogens is 1. The van der Waals surface area contributed by atoms with Gasteiger partial charge in [-0.3, -0.25) is 4.79 Å². The van der Waals surface area contributed by atoms with Crippen LogP contribution in [-0.2, 0) is 43.9 Å². The minimum absolute atomic E-state index is 0.0222. The molecule has 0 aliphatic carbocycles. The Labute approximate surface area is 358 Å². The molecule has 1 amide bonds. The second kappa shape index (κ2) is 19.0. The quantitative estimate of drug-likeness (QED) is 0.0872. The molecule has 7 aromatic rings. The van der Waals surface area contributed by atoms with Gasteiger partial charge in [0, 0.05) is 24.3 Å². The molecule has 3 N–H and O–H groups in total. The number of aliphatic hydroxyl groups is 1. The molecule has 1 fully saturated rings. The first-order valence-corrected chi connectivity index (χ1v) is 23.1. The predicted octanol–water partition coefficient (Wildman–Crippen LogP) is 9.31. The molecular formula is C48H45N3O6S3. The summed E-state index contributed by atoms with van der Waals surface area (Å²) in [6, 6.07) is 46.8. The Morgan fingerprint density at radius 2 is 1.52 bits per heavy atom. The zero-order valence-corrected chi connectivity index (χ0v) is 35.4. The number of nitrogens with one attached hydrogen (secondary N) is 2. The number of nitrogens with zero attached hydrogens (tertiary/aromatic N) is 1. The van der Waals surface area contributed by atoms with Crippen LogP contribution in [0.1, 0.15) is 52.2 Å². The number of benzene rings is 6. The summed E-state index contributed by atoms with van der Waals surface area (Å²) in [7, 11) is -3.98. The van der Waals surface area contributed by atoms with Gasteiger partial charge < -0.3 is 19.9 Å². The number of thiazole rings is 1. The average Bonchev–Trinajstić information content (AvgIpc) is 3.71. The van der Waals surface area contributed by atoms with Crippen molar-refractivity contribution in [2.75, 3.05) is 5.75 Å². The van der Waals surface area contributed by atoms with Gasteiger partial charge in [0.05, 0.1) is 33.9 Å². The summed E-state index contributed by atoms with van der Waals surface area (Å²) >= 11 is 3.38. The minimum atomic E-state index is -3.98. The van der Waals surface area contributed by atoms with Crippen molar-refractivity contribution in [1.82, 2.24) is 15.0 Å². The minimum Gasteiger partial charge on any atom is -0.392 e. The van der Waals surface area contributed by atoms with E-state index in [0.29, 0.717) is 12.2 Å². The third-order valence-corrected chi connectivity index (χ3v) is 14.3. The molecule has 1 saturated heterocycles. The van der Waals surface area contributed by atoms with E-state index in [2.05, 4.69) is 16.1 Å². The van der Waals surface area contributed by atoms with Crippen LogP contribution in [0.2, 0.25) is 0 Å². The van der Waals surface area contributed by atoms with Gasteiger partial charge in [-0.2, -0.15) is 4.72 Å². The Morgan fingerprint density at radius 3 is 2.27 bits per heavy atom. The standard InChI is InChI=1S/C48H45N3O6S3/c1-32-15-25-40(26-16-32)60(54,55)51-43(27-33-9-3-2-4-10-33)46(53)49-29-38-11-5-6-12-41(38)35-21-23-37(24-22-35)47-56-39(28-44(57-47)36-19-17-34(30-52)18-20-36)31-58-48-50-42-13-7-8-14-45(42)59-48/h2-26,39,43-44,47,51-52H,27-31H2,1H3,(H,49,53). The molecule has 0 bridgehead atoms. The van der Waals surface area contributed by atoms with Crippen molar-refractivity contribution in [1.29, 1.82) is 0 Å². The summed E-state index contributed by atoms with van der Waals surface area (Å²) in [5.74, 6) is 0.282. The first-order valence-electron chi connectivity index (χ1n) is 19.8. The summed E-state index contributed by atoms with van der Waals surface area (Å²) in [5.41, 5.74) is 8.26. The predicted molar refractivity (Wildman–Crippen MR) is 238 cm³/mol. The maximum atomic E-state index is 13.8. The van der Waals surface area contributed by atoms with Gasteiger partial charge in [-0.05, 0) is 71.0 Å². The van der Waals surface area contributed by atoms with Crippen LogP contribution in [0, 0.1) is 6.92 Å². The number of amides is 1. The summed E-state index contributed by atoms with van der Waals surface area (Å²) < 4.78 is 45.0. The third kappa shape index (κ3) is 10.2. The molecule has 60 heavy (non-hydrogen) atoms. The number of hydrogen-bond acceptors (Lipinski definition) is 9. The number of aliphatic hydroxyl groups excluding tert-OH is 1. The van der Waals surface area contributed by atoms with Gasteiger partial charge in [0.15, 0.2) is 10.6 Å². The summed E-state index contributed by atoms with van der Waals surface area (Å²) in [5, 5.41) is 12.6. The van der Waals surface area contributed by atoms with Gasteiger partial charge in [0.1, 0.15) is 6.04 Å². The fourth-order valence-electron chi connectivity index (χ4n) is 7.19. The van der Waals surface area contributed by atoms with Gasteiger partial charge in [-0.1, -0.05) is 145 Å². The smallest absolute Gasteiger partial charge is 0.241 e. The van der Waals surface area contributed by atoms with Crippen molar-refractivity contribution < 1.29 is 27.8 Å². The molecule has 6 aromatic carbocycles. The Kier molecular flexibility index (Phi) is 13.2. The molecule has 1 aliphatic heterocycles. The molecule has 12 heteroatoms. The number of aryl methyl sites for hydroxylation is 1. The molecule has 8 rings (SSSR count). The SMILES string of the molecule is Cc1ccc(S(=O)(=O)NC(Cc2ccccc2)C(=O)NCc2ccccc2-c2ccc(C3OC(CSc4nc5ccccc5s4)CC(c4ccc(CO)cc4)O3)cc2)cc1. The van der Waals surface area contributed by atoms with E-state index in [1.165, 1.54) is 0 Å². The molecule has 306 valence electrons. The van der Waals surface area contributed by atoms with Gasteiger partial charge in [-0.15, -0.1) is 11.3 Å². The Bertz CT molecular complexity index is 2600. The number of thioether (sulfide) groups is 1. The highest BCUT2D eigenvalue weighted by Crippen LogP contribution is 2.41. The van der Waals surface area contributed by atoms with Gasteiger partial charge in [-0.25, -0.2) is 13.4 Å². The van der Waals surface area contributed by atoms with E-state index in [4.69, 9.17) is 14.5 Å². The molecule has 9 nitrogen and oxygen atoms in total. The van der Waals surface area contributed by atoms with Crippen molar-refractivity contribution in [3.05, 3.63) is 185 Å². The molecule has 1 aliphatic rings. The molecule has 0 radical (unpaired) electrons. The maximum absolute atomic E-state index is 13.8. The highest BCUT2D eigenvalue weighted by Gasteiger charge is 2.33. The van der Waals surface area contributed by atoms with E-state index < -0.39 is 28.3 Å². The molecule has 4 atom stereocenters. The lowest BCUT2D eigenvalue weighted by atomic mass is 9.97. The van der Waals surface area contributed by atoms with Crippen LogP contribution in [0.5, 0.6) is 0 Å². The molecule has 0 spiro atoms. The Balaban J connectivity index is 0.978. The lowest BCUT2D eigenvalue weighted by Crippen LogP contribution is -2.47. The van der Waals surface area contributed by atoms with Crippen molar-refractivity contribution in [2.45, 2.75) is 66.7 Å². The van der Waals surface area contributed by atoms with E-state index >= 15 is 0 Å². The lowest BCUT2D eigenvalue weighted by Gasteiger charge is -2.36. The van der Waals surface area contributed by atoms with E-state index in [1.54, 1.807) is 47.4 Å². The van der Waals surface area contributed by atoms with Crippen LogP contribution < -0.4 is 10.0 Å². The fraction of sp³-hybridized carbons (Fsp3) is 0.208. The number of para-hydroxylation sites is 1. The Morgan fingerprint density at radius 1 is 0.817 bits per heavy atom. The van der Waals surface area contributed by atoms with Crippen LogP contribution in [0.4, 0.5) is 0 Å². The third-order valence-electron chi connectivity index (χ3n) is 10.5. The summed E-state index contributed by atoms with van der Waals surface area (Å²) in [6.07, 6.45) is -0.0874. The fourth-order valence-corrected chi connectivity index (χ4v) is 10.5. The zero-order chi connectivity index (χ0) is 41.5. The number of hydrogen-bond donors (Lipinski definition) is 3. The molecule has 2 heterocycles. The van der Waals surface area contributed by atoms with E-state index in [0.717, 1.165) is 59.1 Å². The van der Waals surface area contributed by atoms with Crippen molar-refractivity contribution in [3.63, 3.8) is 0 Å². The van der Waals surface area contributed by atoms with Gasteiger partial charge in [0.2, 0.25) is 15.9 Å². The van der Waals surface area contributed by atoms with Gasteiger partial charge in [0.25, 0.3) is 0 Å². The topological polar surface area (TPSA) is 127 Å². The first kappa shape index (κ1) is 41.5. The molecule has 1 aromatic heterocycles. The second-order valence-electron chi connectivity index (χ2n) is 14.8. The monoisotopic (exact) mass is 855 g/mol. The van der Waals surface area contributed by atoms with Crippen LogP contribution in [0.25, 0.3) is 21.3 Å². The number of rotatable bonds is 15. The number of sulfonamides is 1. The molecular weight excluding hydrogens is 811 g/mol. The van der Waals surface area contributed by atoms with Crippen LogP contribution in [-0.4, -0.2) is 42.3 Å². The van der Waals surface area contributed by atoms with Crippen LogP contribution in [0.15, 0.2) is 161 Å². The number of fused-ring (bicyclic) bond motifs is 1. The normalized spacial score (nSPS) is 17.3. The van der Waals surface area contributed by atoms with E-state index in [1.807, 2.05) is 128 Å². The van der Waals surface area contributed by atoms with Crippen molar-refractivity contribution in [2.24, 2.45) is 0 Å². The van der Waals surface area contributed by atoms with Crippen LogP contribution in [0.3, 0.4) is 0 Å². The highest BCUT2D eigenvalue weighted by molar-refractivity contribution is 8.01. The van der Waals surface area contributed by atoms with Crippen molar-refractivity contribution in [3.8, 4) is 11.1 Å². The Hall–Kier alpha value is -5.18. The van der Waals surface area contributed by atoms with Gasteiger partial charge >= 0.3 is 0 Å². The maximum Gasteiger partial charge on any atom is 0.241 e. The van der Waals surface area contributed by atoms with E-state index in [-0.39, 0.29) is 36.7 Å². The lowest BCUT2D eigenvalue weighted by molar-refractivity contribution is -0.245. The van der Waals surface area contributed by atoms with Crippen molar-refractivity contribution >= 4 is 49.2 Å². The van der Waals surface area contributed by atoms with Crippen LogP contribution >= 0.6 is 23.1 Å². The summed E-state index contributed by atoms with van der Waals surface area (Å²) in [4.78, 5) is 18.7. The first-order chi connectivity index (χ1) is 29.2. The average molecular weight is 856 g/mol. The highest BCUT2D eigenvalue weighted by atomic mass is 32.2. The number of carbonyl (C=O) groups excluding carboxylic acids is 1. The second-order valence-corrected chi connectivity index (χ2v) is 18.8. The summed E-state index contributed by atoms with van der Waals surface area (Å²) in [6.45, 7) is 2.06. The largest absolute Gasteiger partial charge is 0.392 e. The molecule has 0 saturated carbocycles. The zero-order valence-electron chi connectivity index (χ0n) is 32.9. The van der Waals surface area contributed by atoms with E-state index in [9.17, 15) is 18.3 Å². The number of carbonyl (C=O) groups is 1.